The molecule has 3 aromatic carbocycles. The van der Waals surface area contributed by atoms with Crippen molar-refractivity contribution in [3.8, 4) is 34.3 Å². The molecule has 0 saturated carbocycles. The summed E-state index contributed by atoms with van der Waals surface area (Å²) in [4.78, 5) is 0. The lowest BCUT2D eigenvalue weighted by Crippen LogP contribution is -2.40. The van der Waals surface area contributed by atoms with Gasteiger partial charge in [-0.15, -0.1) is 0 Å². The minimum Gasteiger partial charge on any atom is -0.493 e. The van der Waals surface area contributed by atoms with Crippen molar-refractivity contribution in [1.29, 1.82) is 0 Å². The first-order valence-electron chi connectivity index (χ1n) is 12.0. The number of aryl methyl sites for hydroxylation is 2. The predicted molar refractivity (Wildman–Crippen MR) is 138 cm³/mol. The van der Waals surface area contributed by atoms with Crippen LogP contribution in [0.5, 0.6) is 23.0 Å². The van der Waals surface area contributed by atoms with Gasteiger partial charge in [-0.3, -0.25) is 0 Å². The number of ether oxygens (including phenoxy) is 4. The summed E-state index contributed by atoms with van der Waals surface area (Å²) in [6.07, 6.45) is 3.10. The topological polar surface area (TPSA) is 40.8 Å². The second-order valence-corrected chi connectivity index (χ2v) is 9.25. The van der Waals surface area contributed by atoms with Gasteiger partial charge in [0.15, 0.2) is 35.7 Å². The third-order valence-corrected chi connectivity index (χ3v) is 6.84. The van der Waals surface area contributed by atoms with Crippen LogP contribution in [0.4, 0.5) is 0 Å². The summed E-state index contributed by atoms with van der Waals surface area (Å²) in [6, 6.07) is 19.1. The number of nitrogens with zero attached hydrogens (tertiary/aromatic N) is 1. The summed E-state index contributed by atoms with van der Waals surface area (Å²) in [6.45, 7) is 5.77. The lowest BCUT2D eigenvalue weighted by Gasteiger charge is -2.19. The lowest BCUT2D eigenvalue weighted by atomic mass is 9.95. The van der Waals surface area contributed by atoms with Crippen LogP contribution >= 0.6 is 0 Å². The Morgan fingerprint density at radius 3 is 2.23 bits per heavy atom. The SMILES string of the molecule is COc1cc2c(cc1OC)-c1cc3ccc(OC)c(OCc4ccc(C(C)C)cc4)c3c[n+]1CC2. The molecule has 1 aliphatic heterocycles. The predicted octanol–water partition coefficient (Wildman–Crippen LogP) is 6.08. The highest BCUT2D eigenvalue weighted by Gasteiger charge is 2.27. The molecule has 1 aliphatic rings. The first-order chi connectivity index (χ1) is 17.0. The fraction of sp³-hybridized carbons (Fsp3) is 0.300. The monoisotopic (exact) mass is 470 g/mol. The van der Waals surface area contributed by atoms with Crippen LogP contribution in [0.15, 0.2) is 60.8 Å². The number of pyridine rings is 1. The van der Waals surface area contributed by atoms with Crippen molar-refractivity contribution in [2.24, 2.45) is 0 Å². The van der Waals surface area contributed by atoms with Crippen LogP contribution in [0.25, 0.3) is 22.0 Å². The van der Waals surface area contributed by atoms with E-state index in [2.05, 4.69) is 73.1 Å². The number of benzene rings is 3. The van der Waals surface area contributed by atoms with E-state index in [0.717, 1.165) is 58.0 Å². The molecule has 5 rings (SSSR count). The Morgan fingerprint density at radius 1 is 0.829 bits per heavy atom. The summed E-state index contributed by atoms with van der Waals surface area (Å²) >= 11 is 0. The van der Waals surface area contributed by atoms with E-state index in [1.54, 1.807) is 21.3 Å². The highest BCUT2D eigenvalue weighted by atomic mass is 16.5. The zero-order valence-electron chi connectivity index (χ0n) is 21.1. The van der Waals surface area contributed by atoms with E-state index in [-0.39, 0.29) is 0 Å². The van der Waals surface area contributed by atoms with Crippen LogP contribution < -0.4 is 23.5 Å². The molecule has 2 heterocycles. The van der Waals surface area contributed by atoms with Crippen LogP contribution in [0.3, 0.4) is 0 Å². The molecule has 0 aliphatic carbocycles. The van der Waals surface area contributed by atoms with Gasteiger partial charge < -0.3 is 18.9 Å². The second-order valence-electron chi connectivity index (χ2n) is 9.25. The van der Waals surface area contributed by atoms with Crippen LogP contribution in [0.2, 0.25) is 0 Å². The standard InChI is InChI=1S/C30H32NO4/c1-19(2)21-8-6-20(7-9-21)18-35-30-25-17-31-13-12-23-15-28(33-4)29(34-5)16-24(23)26(31)14-22(25)10-11-27(30)32-3/h6-11,14-17,19H,12-13,18H2,1-5H3/q+1. The molecule has 1 aromatic heterocycles. The second kappa shape index (κ2) is 9.49. The number of hydrogen-bond acceptors (Lipinski definition) is 4. The van der Waals surface area contributed by atoms with Gasteiger partial charge in [-0.2, -0.15) is 4.57 Å². The number of hydrogen-bond donors (Lipinski definition) is 0. The van der Waals surface area contributed by atoms with E-state index in [4.69, 9.17) is 18.9 Å². The van der Waals surface area contributed by atoms with Crippen molar-refractivity contribution >= 4 is 10.8 Å². The molecule has 4 aromatic rings. The van der Waals surface area contributed by atoms with Crippen molar-refractivity contribution in [2.75, 3.05) is 21.3 Å². The molecular weight excluding hydrogens is 438 g/mol. The van der Waals surface area contributed by atoms with Crippen molar-refractivity contribution in [1.82, 2.24) is 0 Å². The normalized spacial score (nSPS) is 12.3. The zero-order chi connectivity index (χ0) is 24.5. The number of aromatic nitrogens is 1. The van der Waals surface area contributed by atoms with Gasteiger partial charge in [0.1, 0.15) is 6.61 Å². The Morgan fingerprint density at radius 2 is 1.54 bits per heavy atom. The molecule has 0 amide bonds. The average molecular weight is 471 g/mol. The Bertz CT molecular complexity index is 1380. The molecule has 0 unspecified atom stereocenters. The zero-order valence-corrected chi connectivity index (χ0v) is 21.1. The highest BCUT2D eigenvalue weighted by Crippen LogP contribution is 2.40. The van der Waals surface area contributed by atoms with Gasteiger partial charge in [0.25, 0.3) is 0 Å². The number of methoxy groups -OCH3 is 3. The quantitative estimate of drug-likeness (QED) is 0.307. The van der Waals surface area contributed by atoms with Crippen molar-refractivity contribution < 1.29 is 23.5 Å². The summed E-state index contributed by atoms with van der Waals surface area (Å²) in [7, 11) is 5.04. The van der Waals surface area contributed by atoms with Crippen LogP contribution in [-0.2, 0) is 19.6 Å². The molecule has 0 atom stereocenters. The summed E-state index contributed by atoms with van der Waals surface area (Å²) in [5.74, 6) is 3.52. The molecule has 180 valence electrons. The Kier molecular flexibility index (Phi) is 6.25. The Labute approximate surface area is 206 Å². The van der Waals surface area contributed by atoms with Crippen LogP contribution in [0, 0.1) is 0 Å². The van der Waals surface area contributed by atoms with Crippen LogP contribution in [-0.4, -0.2) is 21.3 Å². The summed E-state index contributed by atoms with van der Waals surface area (Å²) in [5, 5.41) is 2.14. The molecule has 0 saturated heterocycles. The van der Waals surface area contributed by atoms with Gasteiger partial charge in [-0.1, -0.05) is 38.1 Å². The molecular formula is C30H32NO4+. The Balaban J connectivity index is 1.54. The molecule has 5 nitrogen and oxygen atoms in total. The van der Waals surface area contributed by atoms with Gasteiger partial charge in [0.05, 0.1) is 32.3 Å². The van der Waals surface area contributed by atoms with E-state index in [0.29, 0.717) is 12.5 Å². The molecule has 0 bridgehead atoms. The smallest absolute Gasteiger partial charge is 0.213 e. The van der Waals surface area contributed by atoms with E-state index >= 15 is 0 Å². The maximum Gasteiger partial charge on any atom is 0.213 e. The van der Waals surface area contributed by atoms with E-state index in [1.807, 2.05) is 6.07 Å². The van der Waals surface area contributed by atoms with Crippen molar-refractivity contribution in [3.05, 3.63) is 77.5 Å². The van der Waals surface area contributed by atoms with Crippen molar-refractivity contribution in [2.45, 2.75) is 39.3 Å². The van der Waals surface area contributed by atoms with E-state index in [9.17, 15) is 0 Å². The summed E-state index contributed by atoms with van der Waals surface area (Å²) in [5.41, 5.74) is 6.04. The minimum absolute atomic E-state index is 0.482. The molecule has 0 N–H and O–H groups in total. The van der Waals surface area contributed by atoms with Gasteiger partial charge in [-0.05, 0) is 52.3 Å². The van der Waals surface area contributed by atoms with E-state index in [1.165, 1.54) is 16.7 Å². The molecule has 0 fully saturated rings. The number of fused-ring (bicyclic) bond motifs is 4. The third kappa shape index (κ3) is 4.27. The minimum atomic E-state index is 0.482. The fourth-order valence-corrected chi connectivity index (χ4v) is 4.80. The van der Waals surface area contributed by atoms with Gasteiger partial charge in [-0.25, -0.2) is 0 Å². The first kappa shape index (κ1) is 23.0. The van der Waals surface area contributed by atoms with Crippen molar-refractivity contribution in [3.63, 3.8) is 0 Å². The molecule has 35 heavy (non-hydrogen) atoms. The Hall–Kier alpha value is -3.73. The third-order valence-electron chi connectivity index (χ3n) is 6.84. The van der Waals surface area contributed by atoms with Gasteiger partial charge in [0.2, 0.25) is 5.69 Å². The van der Waals surface area contributed by atoms with Crippen LogP contribution in [0.1, 0.15) is 36.5 Å². The molecule has 5 heteroatoms. The lowest BCUT2D eigenvalue weighted by molar-refractivity contribution is -0.686. The maximum absolute atomic E-state index is 6.38. The van der Waals surface area contributed by atoms with Gasteiger partial charge >= 0.3 is 0 Å². The first-order valence-corrected chi connectivity index (χ1v) is 12.0. The average Bonchev–Trinajstić information content (AvgIpc) is 2.89. The maximum atomic E-state index is 6.38. The number of rotatable bonds is 7. The van der Waals surface area contributed by atoms with E-state index < -0.39 is 0 Å². The largest absolute Gasteiger partial charge is 0.493 e. The fourth-order valence-electron chi connectivity index (χ4n) is 4.80. The van der Waals surface area contributed by atoms with Gasteiger partial charge in [0, 0.05) is 12.5 Å². The molecule has 0 spiro atoms. The summed E-state index contributed by atoms with van der Waals surface area (Å²) < 4.78 is 25.5. The highest BCUT2D eigenvalue weighted by molar-refractivity contribution is 5.91. The molecule has 0 radical (unpaired) electrons.